The van der Waals surface area contributed by atoms with E-state index in [1.165, 1.54) is 0 Å². The van der Waals surface area contributed by atoms with Gasteiger partial charge in [0.15, 0.2) is 11.5 Å². The molecule has 1 aromatic carbocycles. The van der Waals surface area contributed by atoms with Crippen molar-refractivity contribution in [3.63, 3.8) is 0 Å². The summed E-state index contributed by atoms with van der Waals surface area (Å²) >= 11 is 0. The van der Waals surface area contributed by atoms with E-state index in [-0.39, 0.29) is 11.8 Å². The fourth-order valence-corrected chi connectivity index (χ4v) is 2.61. The van der Waals surface area contributed by atoms with E-state index >= 15 is 0 Å². The molecule has 1 fully saturated rings. The van der Waals surface area contributed by atoms with E-state index in [9.17, 15) is 9.59 Å². The summed E-state index contributed by atoms with van der Waals surface area (Å²) in [4.78, 5) is 22.9. The minimum Gasteiger partial charge on any atom is -0.493 e. The third-order valence-corrected chi connectivity index (χ3v) is 4.09. The predicted molar refractivity (Wildman–Crippen MR) is 80.1 cm³/mol. The van der Waals surface area contributed by atoms with E-state index in [1.807, 2.05) is 18.2 Å². The molecule has 1 saturated carbocycles. The quantitative estimate of drug-likeness (QED) is 0.797. The highest BCUT2D eigenvalue weighted by atomic mass is 16.5. The number of carboxylic acids is 1. The zero-order valence-corrected chi connectivity index (χ0v) is 12.8. The fraction of sp³-hybridized carbons (Fsp3) is 0.500. The molecule has 2 unspecified atom stereocenters. The van der Waals surface area contributed by atoms with Gasteiger partial charge >= 0.3 is 5.97 Å². The Morgan fingerprint density at radius 1 is 1.18 bits per heavy atom. The first-order valence-electron chi connectivity index (χ1n) is 7.28. The third-order valence-electron chi connectivity index (χ3n) is 4.09. The first-order chi connectivity index (χ1) is 10.6. The van der Waals surface area contributed by atoms with Gasteiger partial charge in [-0.15, -0.1) is 0 Å². The number of carbonyl (C=O) groups excluding carboxylic acids is 1. The van der Waals surface area contributed by atoms with E-state index in [1.54, 1.807) is 14.2 Å². The van der Waals surface area contributed by atoms with Gasteiger partial charge in [-0.25, -0.2) is 0 Å². The Bertz CT molecular complexity index is 557. The fourth-order valence-electron chi connectivity index (χ4n) is 2.61. The normalized spacial score (nSPS) is 19.9. The molecule has 0 aromatic heterocycles. The van der Waals surface area contributed by atoms with Crippen LogP contribution in [0, 0.1) is 11.8 Å². The molecule has 0 bridgehead atoms. The van der Waals surface area contributed by atoms with Gasteiger partial charge in [0.25, 0.3) is 0 Å². The summed E-state index contributed by atoms with van der Waals surface area (Å²) in [5.74, 6) is -0.653. The molecule has 22 heavy (non-hydrogen) atoms. The number of benzene rings is 1. The van der Waals surface area contributed by atoms with E-state index in [4.69, 9.17) is 14.6 Å². The number of carboxylic acid groups (broad SMARTS) is 1. The maximum atomic E-state index is 11.9. The van der Waals surface area contributed by atoms with Crippen molar-refractivity contribution in [1.29, 1.82) is 0 Å². The van der Waals surface area contributed by atoms with Crippen molar-refractivity contribution in [1.82, 2.24) is 5.32 Å². The third kappa shape index (κ3) is 3.50. The summed E-state index contributed by atoms with van der Waals surface area (Å²) < 4.78 is 10.4. The van der Waals surface area contributed by atoms with E-state index < -0.39 is 11.9 Å². The maximum Gasteiger partial charge on any atom is 0.307 e. The molecule has 0 aliphatic heterocycles. The van der Waals surface area contributed by atoms with Crippen LogP contribution in [0.15, 0.2) is 18.2 Å². The largest absolute Gasteiger partial charge is 0.493 e. The van der Waals surface area contributed by atoms with E-state index in [2.05, 4.69) is 5.32 Å². The van der Waals surface area contributed by atoms with Gasteiger partial charge in [-0.3, -0.25) is 9.59 Å². The molecule has 1 aliphatic carbocycles. The van der Waals surface area contributed by atoms with Crippen molar-refractivity contribution in [3.05, 3.63) is 23.8 Å². The summed E-state index contributed by atoms with van der Waals surface area (Å²) in [7, 11) is 3.15. The molecule has 6 nitrogen and oxygen atoms in total. The minimum absolute atomic E-state index is 0.167. The lowest BCUT2D eigenvalue weighted by Gasteiger charge is -2.31. The molecule has 6 heteroatoms. The summed E-state index contributed by atoms with van der Waals surface area (Å²) in [6.45, 7) is 0.469. The van der Waals surface area contributed by atoms with E-state index in [0.717, 1.165) is 5.56 Å². The smallest absolute Gasteiger partial charge is 0.307 e. The molecular weight excluding hydrogens is 286 g/mol. The molecule has 0 spiro atoms. The maximum absolute atomic E-state index is 11.9. The molecule has 1 aliphatic rings. The summed E-state index contributed by atoms with van der Waals surface area (Å²) in [6.07, 6.45) is 1.89. The Morgan fingerprint density at radius 3 is 2.41 bits per heavy atom. The van der Waals surface area contributed by atoms with Crippen molar-refractivity contribution in [2.75, 3.05) is 20.8 Å². The highest BCUT2D eigenvalue weighted by Gasteiger charge is 2.41. The molecule has 2 rings (SSSR count). The van der Waals surface area contributed by atoms with Gasteiger partial charge in [0.05, 0.1) is 26.1 Å². The summed E-state index contributed by atoms with van der Waals surface area (Å²) in [5.41, 5.74) is 1.02. The Hall–Kier alpha value is -2.24. The average molecular weight is 307 g/mol. The van der Waals surface area contributed by atoms with Crippen LogP contribution in [0.5, 0.6) is 11.5 Å². The number of rotatable bonds is 7. The molecule has 120 valence electrons. The Morgan fingerprint density at radius 2 is 1.86 bits per heavy atom. The lowest BCUT2D eigenvalue weighted by molar-refractivity contribution is -0.152. The van der Waals surface area contributed by atoms with Crippen LogP contribution in [0.25, 0.3) is 0 Å². The van der Waals surface area contributed by atoms with Gasteiger partial charge in [0, 0.05) is 6.54 Å². The number of nitrogens with one attached hydrogen (secondary N) is 1. The van der Waals surface area contributed by atoms with Crippen molar-refractivity contribution < 1.29 is 24.2 Å². The molecule has 1 aromatic rings. The van der Waals surface area contributed by atoms with Crippen molar-refractivity contribution in [2.45, 2.75) is 19.3 Å². The Kier molecular flexibility index (Phi) is 5.25. The number of methoxy groups -OCH3 is 2. The molecule has 0 heterocycles. The summed E-state index contributed by atoms with van der Waals surface area (Å²) in [6, 6.07) is 5.60. The SMILES string of the molecule is COc1ccc(CCNC(=O)C2CCC2C(=O)O)cc1OC. The van der Waals surface area contributed by atoms with E-state index in [0.29, 0.717) is 37.3 Å². The first kappa shape index (κ1) is 16.1. The monoisotopic (exact) mass is 307 g/mol. The first-order valence-corrected chi connectivity index (χ1v) is 7.28. The van der Waals surface area contributed by atoms with Crippen molar-refractivity contribution >= 4 is 11.9 Å². The van der Waals surface area contributed by atoms with Gasteiger partial charge < -0.3 is 19.9 Å². The van der Waals surface area contributed by atoms with Crippen molar-refractivity contribution in [2.24, 2.45) is 11.8 Å². The summed E-state index contributed by atoms with van der Waals surface area (Å²) in [5, 5.41) is 11.8. The Labute approximate surface area is 129 Å². The molecule has 0 saturated heterocycles. The second kappa shape index (κ2) is 7.15. The van der Waals surface area contributed by atoms with Crippen LogP contribution in [-0.4, -0.2) is 37.7 Å². The number of carbonyl (C=O) groups is 2. The van der Waals surface area contributed by atoms with Gasteiger partial charge in [-0.05, 0) is 37.0 Å². The van der Waals surface area contributed by atoms with Crippen LogP contribution >= 0.6 is 0 Å². The van der Waals surface area contributed by atoms with Crippen LogP contribution < -0.4 is 14.8 Å². The van der Waals surface area contributed by atoms with Crippen LogP contribution in [0.3, 0.4) is 0 Å². The van der Waals surface area contributed by atoms with Crippen LogP contribution in [0.2, 0.25) is 0 Å². The molecule has 1 amide bonds. The number of amides is 1. The zero-order chi connectivity index (χ0) is 16.1. The second-order valence-corrected chi connectivity index (χ2v) is 5.36. The lowest BCUT2D eigenvalue weighted by Crippen LogP contribution is -2.44. The topological polar surface area (TPSA) is 84.9 Å². The van der Waals surface area contributed by atoms with Gasteiger partial charge in [-0.1, -0.05) is 6.07 Å². The number of aliphatic carboxylic acids is 1. The zero-order valence-electron chi connectivity index (χ0n) is 12.8. The van der Waals surface area contributed by atoms with Crippen molar-refractivity contribution in [3.8, 4) is 11.5 Å². The lowest BCUT2D eigenvalue weighted by atomic mass is 9.73. The number of hydrogen-bond donors (Lipinski definition) is 2. The highest BCUT2D eigenvalue weighted by molar-refractivity contribution is 5.86. The molecule has 0 radical (unpaired) electrons. The number of ether oxygens (including phenoxy) is 2. The van der Waals surface area contributed by atoms with Gasteiger partial charge in [0.1, 0.15) is 0 Å². The Balaban J connectivity index is 1.84. The predicted octanol–water partition coefficient (Wildman–Crippen LogP) is 1.47. The van der Waals surface area contributed by atoms with Crippen LogP contribution in [-0.2, 0) is 16.0 Å². The average Bonchev–Trinajstić information content (AvgIpc) is 2.45. The highest BCUT2D eigenvalue weighted by Crippen LogP contribution is 2.34. The molecule has 2 atom stereocenters. The standard InChI is InChI=1S/C16H21NO5/c1-21-13-6-3-10(9-14(13)22-2)7-8-17-15(18)11-4-5-12(11)16(19)20/h3,6,9,11-12H,4-5,7-8H2,1-2H3,(H,17,18)(H,19,20). The minimum atomic E-state index is -0.883. The van der Waals surface area contributed by atoms with Gasteiger partial charge in [0.2, 0.25) is 5.91 Å². The molecular formula is C16H21NO5. The second-order valence-electron chi connectivity index (χ2n) is 5.36. The van der Waals surface area contributed by atoms with Gasteiger partial charge in [-0.2, -0.15) is 0 Å². The van der Waals surface area contributed by atoms with Crippen LogP contribution in [0.4, 0.5) is 0 Å². The number of hydrogen-bond acceptors (Lipinski definition) is 4. The van der Waals surface area contributed by atoms with Crippen LogP contribution in [0.1, 0.15) is 18.4 Å². The molecule has 2 N–H and O–H groups in total.